The lowest BCUT2D eigenvalue weighted by atomic mass is 10.2. The topological polar surface area (TPSA) is 75.7 Å². The van der Waals surface area contributed by atoms with Gasteiger partial charge >= 0.3 is 6.09 Å². The average molecular weight is 284 g/mol. The van der Waals surface area contributed by atoms with E-state index >= 15 is 0 Å². The van der Waals surface area contributed by atoms with Gasteiger partial charge in [-0.05, 0) is 37.1 Å². The number of anilines is 1. The van der Waals surface area contributed by atoms with Crippen LogP contribution >= 0.6 is 0 Å². The lowest BCUT2D eigenvalue weighted by molar-refractivity contribution is 0.158. The van der Waals surface area contributed by atoms with Crippen LogP contribution in [0, 0.1) is 0 Å². The van der Waals surface area contributed by atoms with Gasteiger partial charge < -0.3 is 9.64 Å². The van der Waals surface area contributed by atoms with Crippen molar-refractivity contribution in [3.63, 3.8) is 0 Å². The minimum atomic E-state index is -3.86. The van der Waals surface area contributed by atoms with Gasteiger partial charge in [-0.1, -0.05) is 0 Å². The Hall–Kier alpha value is -1.76. The number of sulfonamides is 1. The third-order valence-electron chi connectivity index (χ3n) is 2.98. The summed E-state index contributed by atoms with van der Waals surface area (Å²) in [5.74, 6) is 0. The van der Waals surface area contributed by atoms with Crippen molar-refractivity contribution in [2.45, 2.75) is 18.2 Å². The van der Waals surface area contributed by atoms with E-state index in [4.69, 9.17) is 0 Å². The SMILES string of the molecule is CCOC(=O)NS(=O)(=O)c1ccc2c(c1)CCN2C. The predicted molar refractivity (Wildman–Crippen MR) is 70.8 cm³/mol. The fourth-order valence-electron chi connectivity index (χ4n) is 2.04. The number of benzene rings is 1. The average Bonchev–Trinajstić information content (AvgIpc) is 2.70. The Balaban J connectivity index is 2.25. The van der Waals surface area contributed by atoms with Gasteiger partial charge in [0.1, 0.15) is 0 Å². The second-order valence-electron chi connectivity index (χ2n) is 4.29. The van der Waals surface area contributed by atoms with Crippen molar-refractivity contribution in [2.75, 3.05) is 25.1 Å². The fourth-order valence-corrected chi connectivity index (χ4v) is 2.98. The third-order valence-corrected chi connectivity index (χ3v) is 4.29. The van der Waals surface area contributed by atoms with Crippen LogP contribution in [0.5, 0.6) is 0 Å². The summed E-state index contributed by atoms with van der Waals surface area (Å²) in [6.07, 6.45) is -0.158. The molecule has 1 aromatic carbocycles. The van der Waals surface area contributed by atoms with Crippen LogP contribution in [0.25, 0.3) is 0 Å². The molecule has 0 bridgehead atoms. The zero-order chi connectivity index (χ0) is 14.0. The van der Waals surface area contributed by atoms with Crippen molar-refractivity contribution in [2.24, 2.45) is 0 Å². The Morgan fingerprint density at radius 2 is 2.21 bits per heavy atom. The first-order chi connectivity index (χ1) is 8.94. The molecule has 0 radical (unpaired) electrons. The molecular weight excluding hydrogens is 268 g/mol. The Labute approximate surface area is 112 Å². The van der Waals surface area contributed by atoms with E-state index in [9.17, 15) is 13.2 Å². The Morgan fingerprint density at radius 1 is 1.47 bits per heavy atom. The number of amides is 1. The molecule has 1 amide bonds. The second kappa shape index (κ2) is 5.08. The minimum Gasteiger partial charge on any atom is -0.449 e. The van der Waals surface area contributed by atoms with Crippen molar-refractivity contribution in [1.29, 1.82) is 0 Å². The molecular formula is C12H16N2O4S. The van der Waals surface area contributed by atoms with Crippen molar-refractivity contribution >= 4 is 21.8 Å². The Morgan fingerprint density at radius 3 is 2.89 bits per heavy atom. The van der Waals surface area contributed by atoms with Gasteiger partial charge in [-0.2, -0.15) is 0 Å². The summed E-state index contributed by atoms with van der Waals surface area (Å²) in [5.41, 5.74) is 1.99. The number of nitrogens with zero attached hydrogens (tertiary/aromatic N) is 1. The number of hydrogen-bond acceptors (Lipinski definition) is 5. The summed E-state index contributed by atoms with van der Waals surface area (Å²) in [6, 6.07) is 4.84. The molecule has 1 heterocycles. The highest BCUT2D eigenvalue weighted by molar-refractivity contribution is 7.90. The second-order valence-corrected chi connectivity index (χ2v) is 5.97. The van der Waals surface area contributed by atoms with E-state index in [-0.39, 0.29) is 11.5 Å². The highest BCUT2D eigenvalue weighted by atomic mass is 32.2. The zero-order valence-corrected chi connectivity index (χ0v) is 11.7. The first kappa shape index (κ1) is 13.7. The van der Waals surface area contributed by atoms with Crippen molar-refractivity contribution in [3.8, 4) is 0 Å². The number of hydrogen-bond donors (Lipinski definition) is 1. The zero-order valence-electron chi connectivity index (χ0n) is 10.8. The summed E-state index contributed by atoms with van der Waals surface area (Å²) in [4.78, 5) is 13.3. The van der Waals surface area contributed by atoms with Crippen LogP contribution < -0.4 is 9.62 Å². The van der Waals surface area contributed by atoms with Gasteiger partial charge in [-0.15, -0.1) is 0 Å². The monoisotopic (exact) mass is 284 g/mol. The molecule has 0 aromatic heterocycles. The van der Waals surface area contributed by atoms with E-state index in [0.29, 0.717) is 0 Å². The van der Waals surface area contributed by atoms with E-state index in [1.165, 1.54) is 6.07 Å². The molecule has 104 valence electrons. The van der Waals surface area contributed by atoms with E-state index in [1.807, 2.05) is 11.8 Å². The van der Waals surface area contributed by atoms with Crippen molar-refractivity contribution in [1.82, 2.24) is 4.72 Å². The van der Waals surface area contributed by atoms with Crippen LogP contribution in [-0.2, 0) is 21.2 Å². The van der Waals surface area contributed by atoms with E-state index in [0.717, 1.165) is 24.2 Å². The molecule has 0 atom stereocenters. The largest absolute Gasteiger partial charge is 0.449 e. The number of likely N-dealkylation sites (N-methyl/N-ethyl adjacent to an activating group) is 1. The van der Waals surface area contributed by atoms with Crippen molar-refractivity contribution in [3.05, 3.63) is 23.8 Å². The standard InChI is InChI=1S/C12H16N2O4S/c1-3-18-12(15)13-19(16,17)10-4-5-11-9(8-10)6-7-14(11)2/h4-5,8H,3,6-7H2,1-2H3,(H,13,15). The third kappa shape index (κ3) is 2.81. The molecule has 19 heavy (non-hydrogen) atoms. The number of fused-ring (bicyclic) bond motifs is 1. The normalized spacial score (nSPS) is 14.1. The van der Waals surface area contributed by atoms with Crippen LogP contribution in [0.3, 0.4) is 0 Å². The Bertz CT molecular complexity index is 598. The number of nitrogens with one attached hydrogen (secondary N) is 1. The van der Waals surface area contributed by atoms with Crippen molar-refractivity contribution < 1.29 is 17.9 Å². The highest BCUT2D eigenvalue weighted by Gasteiger charge is 2.22. The lowest BCUT2D eigenvalue weighted by Gasteiger charge is -2.12. The molecule has 0 spiro atoms. The molecule has 1 aromatic rings. The van der Waals surface area contributed by atoms with E-state index in [2.05, 4.69) is 9.64 Å². The van der Waals surface area contributed by atoms with Crippen LogP contribution in [0.4, 0.5) is 10.5 Å². The van der Waals surface area contributed by atoms with E-state index in [1.54, 1.807) is 19.1 Å². The molecule has 1 aliphatic rings. The number of ether oxygens (including phenoxy) is 1. The molecule has 0 aliphatic carbocycles. The highest BCUT2D eigenvalue weighted by Crippen LogP contribution is 2.28. The Kier molecular flexibility index (Phi) is 3.66. The number of rotatable bonds is 3. The van der Waals surface area contributed by atoms with Gasteiger partial charge in [0.25, 0.3) is 10.0 Å². The maximum absolute atomic E-state index is 12.0. The number of carbonyl (C=O) groups excluding carboxylic acids is 1. The quantitative estimate of drug-likeness (QED) is 0.900. The van der Waals surface area contributed by atoms with Crippen LogP contribution in [0.1, 0.15) is 12.5 Å². The summed E-state index contributed by atoms with van der Waals surface area (Å²) >= 11 is 0. The molecule has 7 heteroatoms. The molecule has 0 saturated carbocycles. The van der Waals surface area contributed by atoms with E-state index < -0.39 is 16.1 Å². The van der Waals surface area contributed by atoms with Gasteiger partial charge in [-0.25, -0.2) is 17.9 Å². The molecule has 1 aliphatic heterocycles. The van der Waals surface area contributed by atoms with Gasteiger partial charge in [0.2, 0.25) is 0 Å². The molecule has 6 nitrogen and oxygen atoms in total. The molecule has 2 rings (SSSR count). The van der Waals surface area contributed by atoms with Gasteiger partial charge in [0, 0.05) is 19.3 Å². The van der Waals surface area contributed by atoms with Crippen LogP contribution in [0.15, 0.2) is 23.1 Å². The maximum Gasteiger partial charge on any atom is 0.421 e. The summed E-state index contributed by atoms with van der Waals surface area (Å²) < 4.78 is 30.4. The van der Waals surface area contributed by atoms with Gasteiger partial charge in [-0.3, -0.25) is 0 Å². The predicted octanol–water partition coefficient (Wildman–Crippen LogP) is 1.11. The minimum absolute atomic E-state index is 0.0783. The molecule has 0 saturated heterocycles. The first-order valence-corrected chi connectivity index (χ1v) is 7.46. The maximum atomic E-state index is 12.0. The van der Waals surface area contributed by atoms with Gasteiger partial charge in [0.15, 0.2) is 0 Å². The summed E-state index contributed by atoms with van der Waals surface area (Å²) in [7, 11) is -1.91. The fraction of sp³-hybridized carbons (Fsp3) is 0.417. The number of carbonyl (C=O) groups is 1. The first-order valence-electron chi connectivity index (χ1n) is 5.97. The summed E-state index contributed by atoms with van der Waals surface area (Å²) in [6.45, 7) is 2.60. The van der Waals surface area contributed by atoms with Gasteiger partial charge in [0.05, 0.1) is 11.5 Å². The smallest absolute Gasteiger partial charge is 0.421 e. The molecule has 0 fully saturated rings. The van der Waals surface area contributed by atoms with Crippen LogP contribution in [-0.4, -0.2) is 34.7 Å². The van der Waals surface area contributed by atoms with Crippen LogP contribution in [0.2, 0.25) is 0 Å². The lowest BCUT2D eigenvalue weighted by Crippen LogP contribution is -2.31. The summed E-state index contributed by atoms with van der Waals surface area (Å²) in [5, 5.41) is 0. The molecule has 1 N–H and O–H groups in total. The molecule has 0 unspecified atom stereocenters.